The minimum atomic E-state index is -2.81. The molecule has 4 heteroatoms. The Labute approximate surface area is 124 Å². The molecule has 1 heterocycles. The fraction of sp³-hybridized carbons (Fsp3) is 0.600. The number of halogens is 1. The van der Waals surface area contributed by atoms with E-state index in [9.17, 15) is 8.42 Å². The molecule has 1 saturated heterocycles. The molecule has 2 unspecified atom stereocenters. The van der Waals surface area contributed by atoms with Gasteiger partial charge in [-0.3, -0.25) is 0 Å². The lowest BCUT2D eigenvalue weighted by atomic mass is 9.92. The SMILES string of the molecule is CCc1ccc(CC)c(C(Br)C2CCS(=O)(=O)C2)c1. The first-order valence-corrected chi connectivity index (χ1v) is 9.66. The van der Waals surface area contributed by atoms with Crippen molar-refractivity contribution in [1.82, 2.24) is 0 Å². The summed E-state index contributed by atoms with van der Waals surface area (Å²) in [5.74, 6) is 0.874. The first-order chi connectivity index (χ1) is 8.96. The first kappa shape index (κ1) is 15.0. The molecule has 1 aromatic carbocycles. The van der Waals surface area contributed by atoms with Crippen molar-refractivity contribution >= 4 is 25.8 Å². The molecule has 0 spiro atoms. The Bertz CT molecular complexity index is 551. The lowest BCUT2D eigenvalue weighted by molar-refractivity contribution is 0.577. The van der Waals surface area contributed by atoms with Crippen molar-refractivity contribution in [3.8, 4) is 0 Å². The van der Waals surface area contributed by atoms with E-state index in [1.807, 2.05) is 0 Å². The largest absolute Gasteiger partial charge is 0.229 e. The smallest absolute Gasteiger partial charge is 0.150 e. The number of benzene rings is 1. The molecule has 19 heavy (non-hydrogen) atoms. The van der Waals surface area contributed by atoms with Gasteiger partial charge in [0.25, 0.3) is 0 Å². The quantitative estimate of drug-likeness (QED) is 0.780. The molecular weight excluding hydrogens is 324 g/mol. The van der Waals surface area contributed by atoms with E-state index in [1.165, 1.54) is 16.7 Å². The molecule has 2 nitrogen and oxygen atoms in total. The summed E-state index contributed by atoms with van der Waals surface area (Å²) in [5.41, 5.74) is 3.92. The summed E-state index contributed by atoms with van der Waals surface area (Å²) >= 11 is 3.76. The fourth-order valence-electron chi connectivity index (χ4n) is 2.75. The summed E-state index contributed by atoms with van der Waals surface area (Å²) in [6, 6.07) is 6.60. The average Bonchev–Trinajstić information content (AvgIpc) is 2.77. The van der Waals surface area contributed by atoms with Crippen LogP contribution in [0.5, 0.6) is 0 Å². The molecule has 2 rings (SSSR count). The molecule has 106 valence electrons. The van der Waals surface area contributed by atoms with E-state index >= 15 is 0 Å². The molecule has 0 N–H and O–H groups in total. The third kappa shape index (κ3) is 3.40. The number of sulfone groups is 1. The maximum atomic E-state index is 11.6. The minimum Gasteiger partial charge on any atom is -0.229 e. The summed E-state index contributed by atoms with van der Waals surface area (Å²) in [4.78, 5) is 0.159. The Morgan fingerprint density at radius 1 is 1.32 bits per heavy atom. The average molecular weight is 345 g/mol. The van der Waals surface area contributed by atoms with Crippen LogP contribution in [0.2, 0.25) is 0 Å². The predicted molar refractivity (Wildman–Crippen MR) is 83.6 cm³/mol. The van der Waals surface area contributed by atoms with Crippen LogP contribution in [0.3, 0.4) is 0 Å². The fourth-order valence-corrected chi connectivity index (χ4v) is 5.72. The molecule has 0 aliphatic carbocycles. The zero-order chi connectivity index (χ0) is 14.0. The summed E-state index contributed by atoms with van der Waals surface area (Å²) in [6.07, 6.45) is 2.78. The van der Waals surface area contributed by atoms with Gasteiger partial charge >= 0.3 is 0 Å². The van der Waals surface area contributed by atoms with E-state index < -0.39 is 9.84 Å². The van der Waals surface area contributed by atoms with Gasteiger partial charge in [0.05, 0.1) is 11.5 Å². The molecule has 0 saturated carbocycles. The van der Waals surface area contributed by atoms with Gasteiger partial charge in [-0.15, -0.1) is 0 Å². The molecule has 0 aromatic heterocycles. The summed E-state index contributed by atoms with van der Waals surface area (Å²) in [6.45, 7) is 4.30. The van der Waals surface area contributed by atoms with Gasteiger partial charge in [0.1, 0.15) is 0 Å². The van der Waals surface area contributed by atoms with E-state index in [0.717, 1.165) is 19.3 Å². The maximum Gasteiger partial charge on any atom is 0.150 e. The summed E-state index contributed by atoms with van der Waals surface area (Å²) < 4.78 is 23.3. The van der Waals surface area contributed by atoms with Crippen molar-refractivity contribution < 1.29 is 8.42 Å². The van der Waals surface area contributed by atoms with Crippen LogP contribution >= 0.6 is 15.9 Å². The van der Waals surface area contributed by atoms with E-state index in [-0.39, 0.29) is 10.7 Å². The minimum absolute atomic E-state index is 0.159. The number of hydrogen-bond donors (Lipinski definition) is 0. The Kier molecular flexibility index (Phi) is 4.72. The van der Waals surface area contributed by atoms with E-state index in [1.54, 1.807) is 0 Å². The molecule has 1 aliphatic rings. The second-order valence-corrected chi connectivity index (χ2v) is 8.52. The zero-order valence-corrected chi connectivity index (χ0v) is 13.9. The van der Waals surface area contributed by atoms with Gasteiger partial charge in [-0.05, 0) is 41.9 Å². The van der Waals surface area contributed by atoms with Gasteiger partial charge in [0, 0.05) is 4.83 Å². The highest BCUT2D eigenvalue weighted by molar-refractivity contribution is 9.09. The Hall–Kier alpha value is -0.350. The number of rotatable bonds is 4. The number of aryl methyl sites for hydroxylation is 2. The lowest BCUT2D eigenvalue weighted by Crippen LogP contribution is -2.12. The van der Waals surface area contributed by atoms with E-state index in [0.29, 0.717) is 11.5 Å². The van der Waals surface area contributed by atoms with Crippen molar-refractivity contribution in [3.63, 3.8) is 0 Å². The van der Waals surface area contributed by atoms with Crippen LogP contribution in [0.4, 0.5) is 0 Å². The number of hydrogen-bond acceptors (Lipinski definition) is 2. The van der Waals surface area contributed by atoms with Gasteiger partial charge in [-0.1, -0.05) is 48.0 Å². The third-order valence-electron chi connectivity index (χ3n) is 3.98. The van der Waals surface area contributed by atoms with Crippen molar-refractivity contribution in [2.45, 2.75) is 37.9 Å². The van der Waals surface area contributed by atoms with E-state index in [4.69, 9.17) is 0 Å². The highest BCUT2D eigenvalue weighted by Gasteiger charge is 2.33. The van der Waals surface area contributed by atoms with Gasteiger partial charge in [0.2, 0.25) is 0 Å². The number of alkyl halides is 1. The second kappa shape index (κ2) is 5.96. The monoisotopic (exact) mass is 344 g/mol. The van der Waals surface area contributed by atoms with Crippen molar-refractivity contribution in [1.29, 1.82) is 0 Å². The standard InChI is InChI=1S/C15H21BrO2S/c1-3-11-5-6-12(4-2)14(9-11)15(16)13-7-8-19(17,18)10-13/h5-6,9,13,15H,3-4,7-8,10H2,1-2H3. The topological polar surface area (TPSA) is 34.1 Å². The Morgan fingerprint density at radius 2 is 2.05 bits per heavy atom. The molecule has 0 amide bonds. The first-order valence-electron chi connectivity index (χ1n) is 6.93. The summed E-state index contributed by atoms with van der Waals surface area (Å²) in [5, 5.41) is 0. The van der Waals surface area contributed by atoms with Crippen LogP contribution in [-0.2, 0) is 22.7 Å². The molecular formula is C15H21BrO2S. The van der Waals surface area contributed by atoms with Crippen LogP contribution < -0.4 is 0 Å². The molecule has 1 aliphatic heterocycles. The third-order valence-corrected chi connectivity index (χ3v) is 7.01. The molecule has 2 atom stereocenters. The highest BCUT2D eigenvalue weighted by Crippen LogP contribution is 2.39. The zero-order valence-electron chi connectivity index (χ0n) is 11.5. The molecule has 0 bridgehead atoms. The Morgan fingerprint density at radius 3 is 2.58 bits per heavy atom. The van der Waals surface area contributed by atoms with Crippen LogP contribution in [-0.4, -0.2) is 19.9 Å². The highest BCUT2D eigenvalue weighted by atomic mass is 79.9. The maximum absolute atomic E-state index is 11.6. The van der Waals surface area contributed by atoms with Crippen molar-refractivity contribution in [2.75, 3.05) is 11.5 Å². The van der Waals surface area contributed by atoms with E-state index in [2.05, 4.69) is 48.0 Å². The van der Waals surface area contributed by atoms with Crippen LogP contribution in [0.25, 0.3) is 0 Å². The van der Waals surface area contributed by atoms with Crippen molar-refractivity contribution in [2.24, 2.45) is 5.92 Å². The molecule has 1 fully saturated rings. The Balaban J connectivity index is 2.30. The van der Waals surface area contributed by atoms with Crippen LogP contribution in [0.1, 0.15) is 41.8 Å². The van der Waals surface area contributed by atoms with Crippen LogP contribution in [0, 0.1) is 5.92 Å². The van der Waals surface area contributed by atoms with Crippen molar-refractivity contribution in [3.05, 3.63) is 34.9 Å². The molecule has 0 radical (unpaired) electrons. The van der Waals surface area contributed by atoms with Gasteiger partial charge < -0.3 is 0 Å². The summed E-state index contributed by atoms with van der Waals surface area (Å²) in [7, 11) is -2.81. The normalized spacial score (nSPS) is 23.4. The molecule has 1 aromatic rings. The lowest BCUT2D eigenvalue weighted by Gasteiger charge is -2.20. The van der Waals surface area contributed by atoms with Gasteiger partial charge in [-0.2, -0.15) is 0 Å². The van der Waals surface area contributed by atoms with Gasteiger partial charge in [-0.25, -0.2) is 8.42 Å². The van der Waals surface area contributed by atoms with Crippen LogP contribution in [0.15, 0.2) is 18.2 Å². The van der Waals surface area contributed by atoms with Gasteiger partial charge in [0.15, 0.2) is 9.84 Å². The predicted octanol–water partition coefficient (Wildman–Crippen LogP) is 3.68. The second-order valence-electron chi connectivity index (χ2n) is 5.31.